The monoisotopic (exact) mass is 358 g/mol. The van der Waals surface area contributed by atoms with Gasteiger partial charge in [0.1, 0.15) is 5.75 Å². The second-order valence-corrected chi connectivity index (χ2v) is 6.46. The lowest BCUT2D eigenvalue weighted by Crippen LogP contribution is -2.36. The second-order valence-electron chi connectivity index (χ2n) is 6.02. The quantitative estimate of drug-likeness (QED) is 0.734. The molecule has 3 aromatic rings. The Morgan fingerprint density at radius 1 is 1.20 bits per heavy atom. The third kappa shape index (κ3) is 4.09. The van der Waals surface area contributed by atoms with Crippen molar-refractivity contribution in [3.8, 4) is 5.75 Å². The lowest BCUT2D eigenvalue weighted by atomic mass is 10.0. The number of carbonyl (C=O) groups is 1. The zero-order valence-electron chi connectivity index (χ0n) is 14.0. The third-order valence-electron chi connectivity index (χ3n) is 3.78. The van der Waals surface area contributed by atoms with Crippen LogP contribution in [-0.2, 0) is 4.79 Å². The molecule has 0 aliphatic carbocycles. The molecule has 0 radical (unpaired) electrons. The van der Waals surface area contributed by atoms with Crippen LogP contribution in [0.25, 0.3) is 5.65 Å². The number of amides is 1. The number of hydrogen-bond donors (Lipinski definition) is 1. The topological polar surface area (TPSA) is 68.5 Å². The van der Waals surface area contributed by atoms with Crippen LogP contribution in [0.15, 0.2) is 48.7 Å². The van der Waals surface area contributed by atoms with Gasteiger partial charge in [0.25, 0.3) is 5.91 Å². The van der Waals surface area contributed by atoms with Crippen LogP contribution >= 0.6 is 11.6 Å². The molecular formula is C18H19ClN4O2. The van der Waals surface area contributed by atoms with E-state index in [2.05, 4.69) is 15.5 Å². The van der Waals surface area contributed by atoms with E-state index in [4.69, 9.17) is 16.3 Å². The highest BCUT2D eigenvalue weighted by molar-refractivity contribution is 6.30. The normalized spacial score (nSPS) is 12.3. The van der Waals surface area contributed by atoms with Crippen LogP contribution in [0.1, 0.15) is 25.7 Å². The number of nitrogens with zero attached hydrogens (tertiary/aromatic N) is 3. The molecule has 1 aromatic carbocycles. The van der Waals surface area contributed by atoms with Crippen molar-refractivity contribution in [2.75, 3.05) is 6.61 Å². The molecule has 0 aliphatic rings. The molecule has 1 atom stereocenters. The van der Waals surface area contributed by atoms with Crippen molar-refractivity contribution in [3.63, 3.8) is 0 Å². The Morgan fingerprint density at radius 2 is 1.96 bits per heavy atom. The summed E-state index contributed by atoms with van der Waals surface area (Å²) in [7, 11) is 0. The Labute approximate surface area is 150 Å². The van der Waals surface area contributed by atoms with E-state index in [1.165, 1.54) is 0 Å². The first-order valence-corrected chi connectivity index (χ1v) is 8.40. The predicted molar refractivity (Wildman–Crippen MR) is 95.7 cm³/mol. The van der Waals surface area contributed by atoms with Gasteiger partial charge in [-0.2, -0.15) is 0 Å². The Kier molecular flexibility index (Phi) is 5.19. The molecule has 0 aliphatic heterocycles. The molecule has 2 aromatic heterocycles. The molecule has 3 rings (SSSR count). The predicted octanol–water partition coefficient (Wildman–Crippen LogP) is 3.28. The minimum atomic E-state index is -0.265. The van der Waals surface area contributed by atoms with Gasteiger partial charge >= 0.3 is 0 Å². The van der Waals surface area contributed by atoms with Crippen LogP contribution in [0.4, 0.5) is 0 Å². The molecule has 130 valence electrons. The summed E-state index contributed by atoms with van der Waals surface area (Å²) in [5.74, 6) is 1.22. The molecular weight excluding hydrogens is 340 g/mol. The van der Waals surface area contributed by atoms with E-state index in [0.29, 0.717) is 16.6 Å². The number of nitrogens with one attached hydrogen (secondary N) is 1. The Balaban J connectivity index is 1.69. The van der Waals surface area contributed by atoms with Crippen LogP contribution in [0.3, 0.4) is 0 Å². The summed E-state index contributed by atoms with van der Waals surface area (Å²) in [6.07, 6.45) is 1.89. The molecule has 7 heteroatoms. The van der Waals surface area contributed by atoms with Crippen molar-refractivity contribution >= 4 is 23.2 Å². The molecule has 6 nitrogen and oxygen atoms in total. The molecule has 1 N–H and O–H groups in total. The molecule has 0 saturated carbocycles. The van der Waals surface area contributed by atoms with E-state index in [9.17, 15) is 4.79 Å². The molecule has 1 amide bonds. The summed E-state index contributed by atoms with van der Waals surface area (Å²) >= 11 is 5.83. The highest BCUT2D eigenvalue weighted by atomic mass is 35.5. The van der Waals surface area contributed by atoms with E-state index in [1.54, 1.807) is 24.3 Å². The summed E-state index contributed by atoms with van der Waals surface area (Å²) in [5, 5.41) is 12.0. The maximum atomic E-state index is 12.3. The second kappa shape index (κ2) is 7.53. The number of pyridine rings is 1. The lowest BCUT2D eigenvalue weighted by molar-refractivity contribution is -0.124. The van der Waals surface area contributed by atoms with E-state index >= 15 is 0 Å². The van der Waals surface area contributed by atoms with Gasteiger partial charge in [-0.05, 0) is 42.3 Å². The molecule has 0 bridgehead atoms. The van der Waals surface area contributed by atoms with Crippen LogP contribution in [0.2, 0.25) is 5.02 Å². The SMILES string of the molecule is CC(C)[C@@H](NC(=O)COc1ccc(Cl)cc1)c1nnc2ccccn12. The fraction of sp³-hybridized carbons (Fsp3) is 0.278. The number of rotatable bonds is 6. The van der Waals surface area contributed by atoms with Gasteiger partial charge in [-0.1, -0.05) is 31.5 Å². The average molecular weight is 359 g/mol. The van der Waals surface area contributed by atoms with Crippen LogP contribution in [0.5, 0.6) is 5.75 Å². The number of aromatic nitrogens is 3. The molecule has 0 unspecified atom stereocenters. The number of hydrogen-bond acceptors (Lipinski definition) is 4. The van der Waals surface area contributed by atoms with Gasteiger partial charge < -0.3 is 10.1 Å². The zero-order chi connectivity index (χ0) is 17.8. The van der Waals surface area contributed by atoms with Crippen LogP contribution in [0, 0.1) is 5.92 Å². The molecule has 0 fully saturated rings. The Hall–Kier alpha value is -2.60. The number of halogens is 1. The van der Waals surface area contributed by atoms with Crippen molar-refractivity contribution < 1.29 is 9.53 Å². The average Bonchev–Trinajstić information content (AvgIpc) is 3.03. The maximum Gasteiger partial charge on any atom is 0.258 e. The van der Waals surface area contributed by atoms with Gasteiger partial charge in [0.15, 0.2) is 18.1 Å². The zero-order valence-corrected chi connectivity index (χ0v) is 14.8. The number of benzene rings is 1. The number of fused-ring (bicyclic) bond motifs is 1. The largest absolute Gasteiger partial charge is 0.484 e. The first kappa shape index (κ1) is 17.2. The molecule has 25 heavy (non-hydrogen) atoms. The fourth-order valence-electron chi connectivity index (χ4n) is 2.50. The van der Waals surface area contributed by atoms with Crippen molar-refractivity contribution in [2.45, 2.75) is 19.9 Å². The van der Waals surface area contributed by atoms with Crippen molar-refractivity contribution in [1.29, 1.82) is 0 Å². The first-order chi connectivity index (χ1) is 12.0. The summed E-state index contributed by atoms with van der Waals surface area (Å²) in [6, 6.07) is 12.3. The fourth-order valence-corrected chi connectivity index (χ4v) is 2.62. The van der Waals surface area contributed by atoms with Gasteiger partial charge in [-0.15, -0.1) is 10.2 Å². The smallest absolute Gasteiger partial charge is 0.258 e. The van der Waals surface area contributed by atoms with E-state index in [-0.39, 0.29) is 24.5 Å². The molecule has 0 spiro atoms. The Morgan fingerprint density at radius 3 is 2.68 bits per heavy atom. The summed E-state index contributed by atoms with van der Waals surface area (Å²) < 4.78 is 7.37. The van der Waals surface area contributed by atoms with Crippen molar-refractivity contribution in [2.24, 2.45) is 5.92 Å². The summed E-state index contributed by atoms with van der Waals surface area (Å²) in [5.41, 5.74) is 0.745. The third-order valence-corrected chi connectivity index (χ3v) is 4.04. The van der Waals surface area contributed by atoms with Crippen molar-refractivity contribution in [3.05, 3.63) is 59.5 Å². The molecule has 0 saturated heterocycles. The first-order valence-electron chi connectivity index (χ1n) is 8.02. The lowest BCUT2D eigenvalue weighted by Gasteiger charge is -2.21. The summed E-state index contributed by atoms with van der Waals surface area (Å²) in [6.45, 7) is 3.96. The van der Waals surface area contributed by atoms with Crippen LogP contribution < -0.4 is 10.1 Å². The van der Waals surface area contributed by atoms with Gasteiger partial charge in [-0.3, -0.25) is 9.20 Å². The highest BCUT2D eigenvalue weighted by Gasteiger charge is 2.23. The van der Waals surface area contributed by atoms with E-state index in [1.807, 2.05) is 42.6 Å². The van der Waals surface area contributed by atoms with Crippen molar-refractivity contribution in [1.82, 2.24) is 19.9 Å². The standard InChI is InChI=1S/C18H19ClN4O2/c1-12(2)17(18-22-21-15-5-3-4-10-23(15)18)20-16(24)11-25-14-8-6-13(19)7-9-14/h3-10,12,17H,11H2,1-2H3,(H,20,24)/t17-/m1/s1. The minimum Gasteiger partial charge on any atom is -0.484 e. The summed E-state index contributed by atoms with van der Waals surface area (Å²) in [4.78, 5) is 12.3. The van der Waals surface area contributed by atoms with E-state index < -0.39 is 0 Å². The number of ether oxygens (including phenoxy) is 1. The van der Waals surface area contributed by atoms with Gasteiger partial charge in [0, 0.05) is 11.2 Å². The van der Waals surface area contributed by atoms with Gasteiger partial charge in [0.2, 0.25) is 0 Å². The molecule has 2 heterocycles. The minimum absolute atomic E-state index is 0.0818. The van der Waals surface area contributed by atoms with Gasteiger partial charge in [-0.25, -0.2) is 0 Å². The maximum absolute atomic E-state index is 12.3. The van der Waals surface area contributed by atoms with Crippen LogP contribution in [-0.4, -0.2) is 27.1 Å². The Bertz CT molecular complexity index is 861. The highest BCUT2D eigenvalue weighted by Crippen LogP contribution is 2.21. The van der Waals surface area contributed by atoms with Gasteiger partial charge in [0.05, 0.1) is 6.04 Å². The van der Waals surface area contributed by atoms with E-state index in [0.717, 1.165) is 5.65 Å². The number of carbonyl (C=O) groups excluding carboxylic acids is 1.